The molecule has 4 nitrogen and oxygen atoms in total. The molecule has 0 fully saturated rings. The molecule has 74 valence electrons. The molecule has 0 heterocycles. The summed E-state index contributed by atoms with van der Waals surface area (Å²) in [5.74, 6) is 0. The lowest BCUT2D eigenvalue weighted by molar-refractivity contribution is 0.249. The molecule has 1 aromatic carbocycles. The third kappa shape index (κ3) is 3.33. The summed E-state index contributed by atoms with van der Waals surface area (Å²) < 4.78 is 1.15. The van der Waals surface area contributed by atoms with Crippen LogP contribution in [0.4, 0.5) is 4.79 Å². The first-order valence-corrected chi connectivity index (χ1v) is 5.03. The zero-order chi connectivity index (χ0) is 10.6. The molecule has 0 atom stereocenters. The lowest BCUT2D eigenvalue weighted by Gasteiger charge is -2.00. The van der Waals surface area contributed by atoms with E-state index in [0.717, 1.165) is 14.8 Å². The number of hydrazone groups is 1. The maximum absolute atomic E-state index is 10.4. The van der Waals surface area contributed by atoms with Crippen molar-refractivity contribution in [1.82, 2.24) is 5.43 Å². The summed E-state index contributed by atoms with van der Waals surface area (Å²) in [6, 6.07) is 7.15. The fourth-order valence-electron chi connectivity index (χ4n) is 0.895. The van der Waals surface area contributed by atoms with Crippen LogP contribution in [0.2, 0.25) is 0 Å². The van der Waals surface area contributed by atoms with Gasteiger partial charge in [0.05, 0.1) is 5.71 Å². The summed E-state index contributed by atoms with van der Waals surface area (Å²) in [6.45, 7) is 1.80. The Balaban J connectivity index is 2.78. The van der Waals surface area contributed by atoms with Gasteiger partial charge in [0, 0.05) is 3.57 Å². The number of hydrogen-bond donors (Lipinski definition) is 2. The lowest BCUT2D eigenvalue weighted by Crippen LogP contribution is -2.25. The van der Waals surface area contributed by atoms with E-state index >= 15 is 0 Å². The van der Waals surface area contributed by atoms with Crippen molar-refractivity contribution < 1.29 is 4.79 Å². The second-order valence-electron chi connectivity index (χ2n) is 2.68. The number of benzene rings is 1. The Hall–Kier alpha value is -1.11. The highest BCUT2D eigenvalue weighted by Crippen LogP contribution is 2.07. The molecule has 3 N–H and O–H groups in total. The van der Waals surface area contributed by atoms with Crippen molar-refractivity contribution in [1.29, 1.82) is 0 Å². The van der Waals surface area contributed by atoms with Gasteiger partial charge in [-0.25, -0.2) is 10.2 Å². The molecule has 14 heavy (non-hydrogen) atoms. The van der Waals surface area contributed by atoms with Crippen molar-refractivity contribution in [3.05, 3.63) is 33.4 Å². The van der Waals surface area contributed by atoms with E-state index in [0.29, 0.717) is 0 Å². The van der Waals surface area contributed by atoms with Crippen molar-refractivity contribution in [2.24, 2.45) is 10.8 Å². The Morgan fingerprint density at radius 2 is 2.00 bits per heavy atom. The minimum absolute atomic E-state index is 0.658. The second-order valence-corrected chi connectivity index (χ2v) is 3.93. The predicted molar refractivity (Wildman–Crippen MR) is 64.1 cm³/mol. The van der Waals surface area contributed by atoms with Crippen molar-refractivity contribution in [2.75, 3.05) is 0 Å². The van der Waals surface area contributed by atoms with Gasteiger partial charge in [-0.3, -0.25) is 0 Å². The third-order valence-electron chi connectivity index (χ3n) is 1.60. The van der Waals surface area contributed by atoms with Crippen LogP contribution in [0.15, 0.2) is 29.4 Å². The molecule has 0 aromatic heterocycles. The van der Waals surface area contributed by atoms with Crippen LogP contribution in [0, 0.1) is 3.57 Å². The highest BCUT2D eigenvalue weighted by atomic mass is 127. The maximum Gasteiger partial charge on any atom is 0.332 e. The largest absolute Gasteiger partial charge is 0.350 e. The van der Waals surface area contributed by atoms with E-state index in [1.54, 1.807) is 6.92 Å². The molecule has 0 aliphatic carbocycles. The molecule has 2 amide bonds. The number of carbonyl (C=O) groups excluding carboxylic acids is 1. The predicted octanol–water partition coefficient (Wildman–Crippen LogP) is 1.68. The topological polar surface area (TPSA) is 67.5 Å². The number of carbonyl (C=O) groups is 1. The van der Waals surface area contributed by atoms with Gasteiger partial charge < -0.3 is 5.73 Å². The summed E-state index contributed by atoms with van der Waals surface area (Å²) in [7, 11) is 0. The Labute approximate surface area is 95.7 Å². The Morgan fingerprint density at radius 3 is 2.50 bits per heavy atom. The molecule has 0 unspecified atom stereocenters. The van der Waals surface area contributed by atoms with Gasteiger partial charge in [0.15, 0.2) is 0 Å². The molecular weight excluding hydrogens is 293 g/mol. The molecule has 0 bridgehead atoms. The normalized spacial score (nSPS) is 11.1. The zero-order valence-corrected chi connectivity index (χ0v) is 9.78. The molecule has 0 radical (unpaired) electrons. The smallest absolute Gasteiger partial charge is 0.332 e. The van der Waals surface area contributed by atoms with Crippen LogP contribution >= 0.6 is 22.6 Å². The average Bonchev–Trinajstić information content (AvgIpc) is 2.15. The van der Waals surface area contributed by atoms with E-state index in [-0.39, 0.29) is 0 Å². The van der Waals surface area contributed by atoms with Gasteiger partial charge in [0.2, 0.25) is 0 Å². The van der Waals surface area contributed by atoms with Crippen LogP contribution in [0.25, 0.3) is 0 Å². The van der Waals surface area contributed by atoms with E-state index in [2.05, 4.69) is 33.1 Å². The van der Waals surface area contributed by atoms with Gasteiger partial charge in [-0.05, 0) is 47.2 Å². The van der Waals surface area contributed by atoms with Gasteiger partial charge >= 0.3 is 6.03 Å². The van der Waals surface area contributed by atoms with E-state index in [1.807, 2.05) is 24.3 Å². The SMILES string of the molecule is CC(=NNC(N)=O)c1ccc(I)cc1. The fraction of sp³-hybridized carbons (Fsp3) is 0.111. The first-order chi connectivity index (χ1) is 6.59. The quantitative estimate of drug-likeness (QED) is 0.487. The van der Waals surface area contributed by atoms with Crippen LogP contribution in [0.5, 0.6) is 0 Å². The number of nitrogens with one attached hydrogen (secondary N) is 1. The molecule has 0 saturated carbocycles. The number of urea groups is 1. The third-order valence-corrected chi connectivity index (χ3v) is 2.31. The van der Waals surface area contributed by atoms with Crippen LogP contribution in [-0.2, 0) is 0 Å². The van der Waals surface area contributed by atoms with Gasteiger partial charge in [-0.15, -0.1) is 0 Å². The summed E-state index contributed by atoms with van der Waals surface area (Å²) in [5.41, 5.74) is 8.75. The molecule has 1 rings (SSSR count). The first kappa shape index (κ1) is 11.0. The van der Waals surface area contributed by atoms with Crippen LogP contribution < -0.4 is 11.2 Å². The van der Waals surface area contributed by atoms with Crippen molar-refractivity contribution in [3.63, 3.8) is 0 Å². The molecule has 1 aromatic rings. The van der Waals surface area contributed by atoms with Crippen molar-refractivity contribution in [2.45, 2.75) is 6.92 Å². The number of amides is 2. The minimum Gasteiger partial charge on any atom is -0.350 e. The van der Waals surface area contributed by atoms with E-state index in [4.69, 9.17) is 5.73 Å². The van der Waals surface area contributed by atoms with E-state index < -0.39 is 6.03 Å². The fourth-order valence-corrected chi connectivity index (χ4v) is 1.25. The number of primary amides is 1. The Morgan fingerprint density at radius 1 is 1.43 bits per heavy atom. The molecule has 0 aliphatic rings. The number of hydrogen-bond acceptors (Lipinski definition) is 2. The second kappa shape index (κ2) is 4.94. The molecule has 5 heteroatoms. The molecule has 0 aliphatic heterocycles. The van der Waals surface area contributed by atoms with Crippen LogP contribution in [0.3, 0.4) is 0 Å². The molecule has 0 spiro atoms. The lowest BCUT2D eigenvalue weighted by atomic mass is 10.1. The zero-order valence-electron chi connectivity index (χ0n) is 7.62. The van der Waals surface area contributed by atoms with Crippen LogP contribution in [-0.4, -0.2) is 11.7 Å². The van der Waals surface area contributed by atoms with Gasteiger partial charge in [0.25, 0.3) is 0 Å². The van der Waals surface area contributed by atoms with E-state index in [1.165, 1.54) is 0 Å². The van der Waals surface area contributed by atoms with Gasteiger partial charge in [0.1, 0.15) is 0 Å². The Bertz CT molecular complexity index is 359. The summed E-state index contributed by atoms with van der Waals surface area (Å²) in [6.07, 6.45) is 0. The average molecular weight is 303 g/mol. The number of halogens is 1. The number of nitrogens with zero attached hydrogens (tertiary/aromatic N) is 1. The summed E-state index contributed by atoms with van der Waals surface area (Å²) in [4.78, 5) is 10.4. The number of nitrogens with two attached hydrogens (primary N) is 1. The van der Waals surface area contributed by atoms with Crippen molar-refractivity contribution >= 4 is 34.3 Å². The monoisotopic (exact) mass is 303 g/mol. The minimum atomic E-state index is -0.658. The first-order valence-electron chi connectivity index (χ1n) is 3.95. The highest BCUT2D eigenvalue weighted by Gasteiger charge is 1.97. The summed E-state index contributed by atoms with van der Waals surface area (Å²) >= 11 is 2.22. The maximum atomic E-state index is 10.4. The summed E-state index contributed by atoms with van der Waals surface area (Å²) in [5, 5.41) is 3.81. The molecule has 0 saturated heterocycles. The van der Waals surface area contributed by atoms with Crippen molar-refractivity contribution in [3.8, 4) is 0 Å². The van der Waals surface area contributed by atoms with Gasteiger partial charge in [-0.2, -0.15) is 5.10 Å². The number of rotatable bonds is 2. The van der Waals surface area contributed by atoms with Crippen LogP contribution in [0.1, 0.15) is 12.5 Å². The Kier molecular flexibility index (Phi) is 3.87. The standard InChI is InChI=1S/C9H10IN3O/c1-6(12-13-9(11)14)7-2-4-8(10)5-3-7/h2-5H,1H3,(H3,11,13,14). The van der Waals surface area contributed by atoms with E-state index in [9.17, 15) is 4.79 Å². The molecular formula is C9H10IN3O. The highest BCUT2D eigenvalue weighted by molar-refractivity contribution is 14.1. The van der Waals surface area contributed by atoms with Gasteiger partial charge in [-0.1, -0.05) is 12.1 Å².